The van der Waals surface area contributed by atoms with Gasteiger partial charge in [0.15, 0.2) is 0 Å². The number of carbonyl (C=O) groups is 1. The second-order valence-electron chi connectivity index (χ2n) is 4.74. The van der Waals surface area contributed by atoms with Crippen molar-refractivity contribution in [2.75, 3.05) is 0 Å². The van der Waals surface area contributed by atoms with Gasteiger partial charge >= 0.3 is 13.5 Å². The monoisotopic (exact) mass is 345 g/mol. The first-order chi connectivity index (χ1) is 11.3. The van der Waals surface area contributed by atoms with E-state index in [4.69, 9.17) is 4.65 Å². The van der Waals surface area contributed by atoms with Crippen molar-refractivity contribution in [3.8, 4) is 5.75 Å². The normalized spacial score (nSPS) is 12.8. The molecule has 0 fully saturated rings. The van der Waals surface area contributed by atoms with E-state index in [1.54, 1.807) is 0 Å². The maximum atomic E-state index is 13.8. The summed E-state index contributed by atoms with van der Waals surface area (Å²) in [5, 5.41) is 0. The molecule has 0 unspecified atom stereocenters. The van der Waals surface area contributed by atoms with Gasteiger partial charge in [-0.25, -0.2) is 22.4 Å². The predicted octanol–water partition coefficient (Wildman–Crippen LogP) is 2.52. The van der Waals surface area contributed by atoms with Crippen molar-refractivity contribution >= 4 is 18.9 Å². The van der Waals surface area contributed by atoms with Crippen molar-refractivity contribution in [1.82, 2.24) is 0 Å². The first-order valence-electron chi connectivity index (χ1n) is 6.32. The number of halogens is 6. The molecule has 0 saturated heterocycles. The van der Waals surface area contributed by atoms with Crippen molar-refractivity contribution < 1.29 is 40.5 Å². The minimum absolute atomic E-state index is 0.0614. The minimum atomic E-state index is -2.39. The first kappa shape index (κ1) is 16.4. The van der Waals surface area contributed by atoms with Crippen LogP contribution in [0, 0.1) is 34.9 Å². The fraction of sp³-hybridized carbons (Fsp3) is 0.0714. The molecule has 1 aliphatic heterocycles. The summed E-state index contributed by atoms with van der Waals surface area (Å²) in [6, 6.07) is 1.80. The Labute approximate surface area is 131 Å². The Morgan fingerprint density at radius 3 is 2.17 bits per heavy atom. The highest BCUT2D eigenvalue weighted by Gasteiger charge is 2.29. The summed E-state index contributed by atoms with van der Waals surface area (Å²) in [5.41, 5.74) is -0.140. The van der Waals surface area contributed by atoms with Gasteiger partial charge in [0, 0.05) is 5.56 Å². The molecule has 1 aliphatic rings. The lowest BCUT2D eigenvalue weighted by Gasteiger charge is -2.10. The molecular weight excluding hydrogens is 341 g/mol. The molecule has 2 aromatic rings. The van der Waals surface area contributed by atoms with E-state index in [1.165, 1.54) is 0 Å². The minimum Gasteiger partial charge on any atom is -0.430 e. The van der Waals surface area contributed by atoms with Gasteiger partial charge in [0.05, 0.1) is 12.2 Å². The van der Waals surface area contributed by atoms with Crippen LogP contribution in [0.15, 0.2) is 12.1 Å². The molecule has 2 aromatic carbocycles. The maximum absolute atomic E-state index is 13.8. The maximum Gasteiger partial charge on any atom is 0.343 e. The van der Waals surface area contributed by atoms with Crippen LogP contribution < -0.4 is 10.2 Å². The summed E-state index contributed by atoms with van der Waals surface area (Å²) < 4.78 is 88.9. The van der Waals surface area contributed by atoms with Gasteiger partial charge in [0.25, 0.3) is 0 Å². The third-order valence-corrected chi connectivity index (χ3v) is 3.27. The van der Waals surface area contributed by atoms with Crippen LogP contribution in [0.4, 0.5) is 26.3 Å². The average molecular weight is 345 g/mol. The number of carbonyl (C=O) groups excluding carboxylic acids is 1. The summed E-state index contributed by atoms with van der Waals surface area (Å²) in [6.45, 7) is -0.0614. The summed E-state index contributed by atoms with van der Waals surface area (Å²) in [7, 11) is 1.15. The topological polar surface area (TPSA) is 35.5 Å². The highest BCUT2D eigenvalue weighted by atomic mass is 19.2. The van der Waals surface area contributed by atoms with E-state index in [0.29, 0.717) is 6.07 Å². The highest BCUT2D eigenvalue weighted by Crippen LogP contribution is 2.29. The van der Waals surface area contributed by atoms with Crippen molar-refractivity contribution in [3.63, 3.8) is 0 Å². The van der Waals surface area contributed by atoms with Gasteiger partial charge in [-0.15, -0.1) is 0 Å². The van der Waals surface area contributed by atoms with Crippen LogP contribution in [0.3, 0.4) is 0 Å². The van der Waals surface area contributed by atoms with Crippen molar-refractivity contribution in [2.24, 2.45) is 0 Å². The van der Waals surface area contributed by atoms with E-state index in [-0.39, 0.29) is 17.6 Å². The van der Waals surface area contributed by atoms with E-state index in [2.05, 4.69) is 4.74 Å². The fourth-order valence-corrected chi connectivity index (χ4v) is 2.07. The number of rotatable bonds is 2. The smallest absolute Gasteiger partial charge is 0.343 e. The van der Waals surface area contributed by atoms with Crippen LogP contribution in [-0.2, 0) is 11.3 Å². The van der Waals surface area contributed by atoms with Gasteiger partial charge in [-0.05, 0) is 11.5 Å². The van der Waals surface area contributed by atoms with E-state index in [9.17, 15) is 31.1 Å². The molecule has 3 nitrogen and oxygen atoms in total. The second-order valence-corrected chi connectivity index (χ2v) is 4.74. The second kappa shape index (κ2) is 5.86. The Morgan fingerprint density at radius 2 is 1.54 bits per heavy atom. The molecule has 0 atom stereocenters. The molecular formula is C14H4BF6O3. The van der Waals surface area contributed by atoms with Crippen LogP contribution in [0.2, 0.25) is 0 Å². The number of fused-ring (bicyclic) bond motifs is 1. The molecule has 3 rings (SSSR count). The SMILES string of the molecule is O=C(Oc1c(F)c(F)c(F)c(F)c1F)c1cc(F)c2c(c1)[B]OC2. The molecule has 0 amide bonds. The van der Waals surface area contributed by atoms with Crippen molar-refractivity contribution in [3.05, 3.63) is 58.2 Å². The lowest BCUT2D eigenvalue weighted by molar-refractivity contribution is 0.0715. The molecule has 0 aromatic heterocycles. The fourth-order valence-electron chi connectivity index (χ4n) is 2.07. The molecule has 123 valence electrons. The molecule has 10 heteroatoms. The highest BCUT2D eigenvalue weighted by molar-refractivity contribution is 6.49. The van der Waals surface area contributed by atoms with E-state index in [1.807, 2.05) is 0 Å². The summed E-state index contributed by atoms with van der Waals surface area (Å²) in [5.74, 6) is -15.6. The third kappa shape index (κ3) is 2.52. The molecule has 0 saturated carbocycles. The average Bonchev–Trinajstić information content (AvgIpc) is 3.04. The Hall–Kier alpha value is -2.49. The third-order valence-electron chi connectivity index (χ3n) is 3.27. The van der Waals surface area contributed by atoms with Gasteiger partial charge in [-0.1, -0.05) is 6.07 Å². The molecule has 1 heterocycles. The van der Waals surface area contributed by atoms with Gasteiger partial charge < -0.3 is 9.39 Å². The van der Waals surface area contributed by atoms with Crippen molar-refractivity contribution in [1.29, 1.82) is 0 Å². The number of esters is 1. The summed E-state index contributed by atoms with van der Waals surface area (Å²) in [4.78, 5) is 11.9. The van der Waals surface area contributed by atoms with Crippen LogP contribution in [0.25, 0.3) is 0 Å². The quantitative estimate of drug-likeness (QED) is 0.210. The zero-order valence-corrected chi connectivity index (χ0v) is 11.4. The van der Waals surface area contributed by atoms with E-state index in [0.717, 1.165) is 13.5 Å². The summed E-state index contributed by atoms with van der Waals surface area (Å²) in [6.07, 6.45) is 0. The largest absolute Gasteiger partial charge is 0.430 e. The number of benzene rings is 2. The van der Waals surface area contributed by atoms with E-state index < -0.39 is 52.2 Å². The molecule has 0 N–H and O–H groups in total. The van der Waals surface area contributed by atoms with Crippen molar-refractivity contribution in [2.45, 2.75) is 6.61 Å². The molecule has 0 aliphatic carbocycles. The zero-order chi connectivity index (χ0) is 17.6. The van der Waals surface area contributed by atoms with E-state index >= 15 is 0 Å². The Bertz CT molecular complexity index is 841. The van der Waals surface area contributed by atoms with Gasteiger partial charge in [-0.3, -0.25) is 0 Å². The standard InChI is InChI=1S/C14H4BF6O3/c16-7-2-4(1-6-5(7)3-23-15-6)14(22)24-13-11(20)9(18)8(17)10(19)12(13)21/h1-2H,3H2. The Kier molecular flexibility index (Phi) is 4.00. The van der Waals surface area contributed by atoms with Gasteiger partial charge in [0.2, 0.25) is 34.8 Å². The first-order valence-corrected chi connectivity index (χ1v) is 6.32. The lowest BCUT2D eigenvalue weighted by atomic mass is 9.86. The molecule has 0 bridgehead atoms. The van der Waals surface area contributed by atoms with Crippen LogP contribution >= 0.6 is 0 Å². The zero-order valence-electron chi connectivity index (χ0n) is 11.4. The predicted molar refractivity (Wildman–Crippen MR) is 67.8 cm³/mol. The number of ether oxygens (including phenoxy) is 1. The lowest BCUT2D eigenvalue weighted by Crippen LogP contribution is -2.19. The van der Waals surface area contributed by atoms with Gasteiger partial charge in [0.1, 0.15) is 5.82 Å². The molecule has 0 spiro atoms. The molecule has 24 heavy (non-hydrogen) atoms. The summed E-state index contributed by atoms with van der Waals surface area (Å²) >= 11 is 0. The number of hydrogen-bond donors (Lipinski definition) is 0. The Balaban J connectivity index is 1.98. The van der Waals surface area contributed by atoms with Crippen LogP contribution in [-0.4, -0.2) is 13.5 Å². The van der Waals surface area contributed by atoms with Crippen LogP contribution in [0.5, 0.6) is 5.75 Å². The van der Waals surface area contributed by atoms with Crippen LogP contribution in [0.1, 0.15) is 15.9 Å². The van der Waals surface area contributed by atoms with Gasteiger partial charge in [-0.2, -0.15) is 8.78 Å². The molecule has 1 radical (unpaired) electrons. The number of hydrogen-bond acceptors (Lipinski definition) is 3. The Morgan fingerprint density at radius 1 is 0.958 bits per heavy atom.